The molecule has 128 valence electrons. The molecule has 6 nitrogen and oxygen atoms in total. The van der Waals surface area contributed by atoms with Crippen molar-refractivity contribution in [1.29, 1.82) is 0 Å². The number of carbonyl (C=O) groups is 1. The van der Waals surface area contributed by atoms with E-state index in [1.165, 1.54) is 0 Å². The van der Waals surface area contributed by atoms with Gasteiger partial charge in [-0.2, -0.15) is 5.10 Å². The molecule has 1 aromatic heterocycles. The average Bonchev–Trinajstić information content (AvgIpc) is 3.17. The summed E-state index contributed by atoms with van der Waals surface area (Å²) in [5.74, 6) is 0.317. The summed E-state index contributed by atoms with van der Waals surface area (Å²) >= 11 is 0. The molecular weight excluding hydrogens is 304 g/mol. The van der Waals surface area contributed by atoms with Crippen LogP contribution in [0, 0.1) is 5.92 Å². The monoisotopic (exact) mass is 328 g/mol. The van der Waals surface area contributed by atoms with Gasteiger partial charge in [-0.05, 0) is 43.0 Å². The van der Waals surface area contributed by atoms with Crippen LogP contribution >= 0.6 is 0 Å². The van der Waals surface area contributed by atoms with Crippen LogP contribution in [0.2, 0.25) is 0 Å². The van der Waals surface area contributed by atoms with E-state index < -0.39 is 0 Å². The van der Waals surface area contributed by atoms with Gasteiger partial charge < -0.3 is 15.3 Å². The molecule has 24 heavy (non-hydrogen) atoms. The van der Waals surface area contributed by atoms with E-state index in [0.717, 1.165) is 43.6 Å². The first-order valence-electron chi connectivity index (χ1n) is 8.47. The molecule has 1 amide bonds. The Labute approximate surface area is 141 Å². The van der Waals surface area contributed by atoms with Gasteiger partial charge in [0, 0.05) is 43.6 Å². The molecule has 3 N–H and O–H groups in total. The molecule has 0 saturated carbocycles. The van der Waals surface area contributed by atoms with Crippen molar-refractivity contribution in [3.63, 3.8) is 0 Å². The predicted molar refractivity (Wildman–Crippen MR) is 92.6 cm³/mol. The van der Waals surface area contributed by atoms with Gasteiger partial charge in [-0.3, -0.25) is 9.89 Å². The lowest BCUT2D eigenvalue weighted by atomic mass is 9.99. The Bertz CT molecular complexity index is 657. The number of benzene rings is 1. The Morgan fingerprint density at radius 3 is 3.12 bits per heavy atom. The summed E-state index contributed by atoms with van der Waals surface area (Å²) < 4.78 is 0. The predicted octanol–water partition coefficient (Wildman–Crippen LogP) is 1.51. The second-order valence-electron chi connectivity index (χ2n) is 6.32. The molecule has 1 saturated heterocycles. The Morgan fingerprint density at radius 1 is 1.42 bits per heavy atom. The minimum Gasteiger partial charge on any atom is -0.396 e. The highest BCUT2D eigenvalue weighted by Gasteiger charge is 2.18. The van der Waals surface area contributed by atoms with Crippen molar-refractivity contribution in [2.45, 2.75) is 12.8 Å². The number of rotatable bonds is 6. The molecule has 0 unspecified atom stereocenters. The van der Waals surface area contributed by atoms with Crippen molar-refractivity contribution >= 4 is 5.91 Å². The van der Waals surface area contributed by atoms with E-state index in [1.807, 2.05) is 30.5 Å². The number of nitrogens with one attached hydrogen (secondary N) is 2. The van der Waals surface area contributed by atoms with Crippen LogP contribution in [0.25, 0.3) is 11.1 Å². The van der Waals surface area contributed by atoms with Gasteiger partial charge in [-0.15, -0.1) is 0 Å². The number of nitrogens with zero attached hydrogens (tertiary/aromatic N) is 2. The number of hydrogen-bond donors (Lipinski definition) is 3. The normalized spacial score (nSPS) is 18.5. The molecule has 1 fully saturated rings. The summed E-state index contributed by atoms with van der Waals surface area (Å²) in [4.78, 5) is 14.6. The van der Waals surface area contributed by atoms with Gasteiger partial charge in [0.25, 0.3) is 5.91 Å². The number of aliphatic hydroxyl groups excluding tert-OH is 1. The van der Waals surface area contributed by atoms with Gasteiger partial charge in [0.1, 0.15) is 0 Å². The summed E-state index contributed by atoms with van der Waals surface area (Å²) in [6.07, 6.45) is 5.77. The van der Waals surface area contributed by atoms with E-state index in [-0.39, 0.29) is 12.5 Å². The minimum atomic E-state index is -0.0592. The SMILES string of the molecule is O=C(NCCN1CCC[C@H](CO)C1)c1cccc(-c2cn[nH]c2)c1. The fourth-order valence-electron chi connectivity index (χ4n) is 3.18. The van der Waals surface area contributed by atoms with Crippen molar-refractivity contribution in [2.24, 2.45) is 5.92 Å². The first-order valence-corrected chi connectivity index (χ1v) is 8.47. The number of aromatic nitrogens is 2. The second-order valence-corrected chi connectivity index (χ2v) is 6.32. The molecule has 2 aromatic rings. The van der Waals surface area contributed by atoms with Crippen molar-refractivity contribution in [3.8, 4) is 11.1 Å². The molecular formula is C18H24N4O2. The molecule has 6 heteroatoms. The van der Waals surface area contributed by atoms with Gasteiger partial charge in [0.05, 0.1) is 6.20 Å². The van der Waals surface area contributed by atoms with E-state index in [4.69, 9.17) is 0 Å². The molecule has 2 heterocycles. The smallest absolute Gasteiger partial charge is 0.251 e. The Balaban J connectivity index is 1.51. The summed E-state index contributed by atoms with van der Waals surface area (Å²) in [6, 6.07) is 7.54. The third-order valence-electron chi connectivity index (χ3n) is 4.53. The van der Waals surface area contributed by atoms with Crippen LogP contribution in [0.3, 0.4) is 0 Å². The van der Waals surface area contributed by atoms with Crippen LogP contribution in [-0.2, 0) is 0 Å². The highest BCUT2D eigenvalue weighted by atomic mass is 16.3. The topological polar surface area (TPSA) is 81.2 Å². The van der Waals surface area contributed by atoms with Crippen LogP contribution in [0.4, 0.5) is 0 Å². The van der Waals surface area contributed by atoms with E-state index in [0.29, 0.717) is 18.0 Å². The number of hydrogen-bond acceptors (Lipinski definition) is 4. The van der Waals surface area contributed by atoms with Crippen LogP contribution in [-0.4, -0.2) is 58.9 Å². The van der Waals surface area contributed by atoms with Crippen molar-refractivity contribution < 1.29 is 9.90 Å². The Morgan fingerprint density at radius 2 is 2.33 bits per heavy atom. The maximum absolute atomic E-state index is 12.3. The van der Waals surface area contributed by atoms with Crippen LogP contribution < -0.4 is 5.32 Å². The van der Waals surface area contributed by atoms with Gasteiger partial charge in [0.2, 0.25) is 0 Å². The Hall–Kier alpha value is -2.18. The number of aliphatic hydroxyl groups is 1. The summed E-state index contributed by atoms with van der Waals surface area (Å²) in [5.41, 5.74) is 2.59. The molecule has 1 aromatic carbocycles. The quantitative estimate of drug-likeness (QED) is 0.751. The van der Waals surface area contributed by atoms with Gasteiger partial charge >= 0.3 is 0 Å². The standard InChI is InChI=1S/C18H24N4O2/c23-13-14-3-2-7-22(12-14)8-6-19-18(24)16-5-1-4-15(9-16)17-10-20-21-11-17/h1,4-5,9-11,14,23H,2-3,6-8,12-13H2,(H,19,24)(H,20,21)/t14-/m0/s1. The summed E-state index contributed by atoms with van der Waals surface area (Å²) in [5, 5.41) is 19.0. The molecule has 1 aliphatic rings. The minimum absolute atomic E-state index is 0.0592. The lowest BCUT2D eigenvalue weighted by Gasteiger charge is -2.31. The number of amides is 1. The molecule has 1 atom stereocenters. The zero-order valence-corrected chi connectivity index (χ0v) is 13.7. The highest BCUT2D eigenvalue weighted by Crippen LogP contribution is 2.19. The number of likely N-dealkylation sites (tertiary alicyclic amines) is 1. The molecule has 0 spiro atoms. The van der Waals surface area contributed by atoms with E-state index in [2.05, 4.69) is 20.4 Å². The number of carbonyl (C=O) groups excluding carboxylic acids is 1. The largest absolute Gasteiger partial charge is 0.396 e. The van der Waals surface area contributed by atoms with Crippen molar-refractivity contribution in [2.75, 3.05) is 32.8 Å². The van der Waals surface area contributed by atoms with E-state index >= 15 is 0 Å². The van der Waals surface area contributed by atoms with Crippen molar-refractivity contribution in [1.82, 2.24) is 20.4 Å². The van der Waals surface area contributed by atoms with Crippen molar-refractivity contribution in [3.05, 3.63) is 42.2 Å². The summed E-state index contributed by atoms with van der Waals surface area (Å²) in [6.45, 7) is 3.66. The van der Waals surface area contributed by atoms with E-state index in [1.54, 1.807) is 6.20 Å². The highest BCUT2D eigenvalue weighted by molar-refractivity contribution is 5.95. The van der Waals surface area contributed by atoms with Gasteiger partial charge in [-0.1, -0.05) is 12.1 Å². The average molecular weight is 328 g/mol. The van der Waals surface area contributed by atoms with Gasteiger partial charge in [-0.25, -0.2) is 0 Å². The second kappa shape index (κ2) is 8.08. The molecule has 0 bridgehead atoms. The fourth-order valence-corrected chi connectivity index (χ4v) is 3.18. The zero-order valence-electron chi connectivity index (χ0n) is 13.7. The van der Waals surface area contributed by atoms with E-state index in [9.17, 15) is 9.90 Å². The van der Waals surface area contributed by atoms with Gasteiger partial charge in [0.15, 0.2) is 0 Å². The maximum atomic E-state index is 12.3. The number of aromatic amines is 1. The van der Waals surface area contributed by atoms with Crippen LogP contribution in [0.15, 0.2) is 36.7 Å². The first kappa shape index (κ1) is 16.7. The lowest BCUT2D eigenvalue weighted by Crippen LogP contribution is -2.41. The third kappa shape index (κ3) is 4.21. The lowest BCUT2D eigenvalue weighted by molar-refractivity contribution is 0.0930. The van der Waals surface area contributed by atoms with Crippen LogP contribution in [0.5, 0.6) is 0 Å². The first-order chi connectivity index (χ1) is 11.8. The zero-order chi connectivity index (χ0) is 16.8. The molecule has 0 aliphatic carbocycles. The maximum Gasteiger partial charge on any atom is 0.251 e. The molecule has 0 radical (unpaired) electrons. The number of H-pyrrole nitrogens is 1. The third-order valence-corrected chi connectivity index (χ3v) is 4.53. The number of piperidine rings is 1. The van der Waals surface area contributed by atoms with Crippen LogP contribution in [0.1, 0.15) is 23.2 Å². The molecule has 3 rings (SSSR count). The Kier molecular flexibility index (Phi) is 5.61. The summed E-state index contributed by atoms with van der Waals surface area (Å²) in [7, 11) is 0. The molecule has 1 aliphatic heterocycles. The fraction of sp³-hybridized carbons (Fsp3) is 0.444.